The van der Waals surface area contributed by atoms with Gasteiger partial charge in [-0.2, -0.15) is 13.2 Å². The smallest absolute Gasteiger partial charge is 0.273 e. The minimum Gasteiger partial charge on any atom is -0.273 e. The van der Waals surface area contributed by atoms with Crippen LogP contribution in [0.1, 0.15) is 21.6 Å². The molecule has 2 aromatic rings. The molecule has 0 saturated carbocycles. The number of halogens is 5. The quantitative estimate of drug-likeness (QED) is 0.790. The number of benzene rings is 1. The van der Waals surface area contributed by atoms with Crippen molar-refractivity contribution in [1.29, 1.82) is 0 Å². The topological polar surface area (TPSA) is 62.3 Å². The van der Waals surface area contributed by atoms with Crippen molar-refractivity contribution < 1.29 is 22.8 Å². The third kappa shape index (κ3) is 5.09. The van der Waals surface area contributed by atoms with E-state index in [-0.39, 0.29) is 16.3 Å². The Morgan fingerprint density at radius 1 is 1.23 bits per heavy atom. The molecule has 0 saturated heterocycles. The minimum atomic E-state index is -4.58. The first kappa shape index (κ1) is 20.0. The van der Waals surface area contributed by atoms with Gasteiger partial charge in [-0.15, -0.1) is 0 Å². The molecule has 0 radical (unpaired) electrons. The molecule has 0 spiro atoms. The summed E-state index contributed by atoms with van der Waals surface area (Å²) in [5.74, 6) is -1.19. The van der Waals surface area contributed by atoms with Gasteiger partial charge in [0, 0.05) is 23.8 Å². The zero-order valence-corrected chi connectivity index (χ0v) is 14.8. The van der Waals surface area contributed by atoms with Crippen LogP contribution in [0.5, 0.6) is 0 Å². The molecule has 0 aliphatic carbocycles. The maximum Gasteiger partial charge on any atom is 0.417 e. The average Bonchev–Trinajstić information content (AvgIpc) is 2.55. The Morgan fingerprint density at radius 3 is 2.50 bits per heavy atom. The Kier molecular flexibility index (Phi) is 6.09. The standard InChI is InChI=1S/C16H12Cl2F3N3O2/c1-24(15(26)9-3-2-4-11(17)5-9)23-14(25)7-13-12(18)6-10(8-22-13)16(19,20)21/h2-6,8H,7H2,1H3,(H,23,25). The highest BCUT2D eigenvalue weighted by Gasteiger charge is 2.31. The van der Waals surface area contributed by atoms with Gasteiger partial charge in [0.15, 0.2) is 0 Å². The Balaban J connectivity index is 2.03. The zero-order chi connectivity index (χ0) is 19.5. The summed E-state index contributed by atoms with van der Waals surface area (Å²) >= 11 is 11.6. The van der Waals surface area contributed by atoms with E-state index in [2.05, 4.69) is 10.4 Å². The van der Waals surface area contributed by atoms with E-state index in [0.717, 1.165) is 5.01 Å². The molecule has 0 atom stereocenters. The predicted molar refractivity (Wildman–Crippen MR) is 89.6 cm³/mol. The summed E-state index contributed by atoms with van der Waals surface area (Å²) in [5.41, 5.74) is 1.50. The van der Waals surface area contributed by atoms with Crippen LogP contribution >= 0.6 is 23.2 Å². The maximum absolute atomic E-state index is 12.6. The van der Waals surface area contributed by atoms with E-state index < -0.39 is 30.0 Å². The Hall–Kier alpha value is -2.32. The minimum absolute atomic E-state index is 0.0410. The second kappa shape index (κ2) is 7.92. The number of nitrogens with one attached hydrogen (secondary N) is 1. The molecule has 0 bridgehead atoms. The number of nitrogens with zero attached hydrogens (tertiary/aromatic N) is 2. The SMILES string of the molecule is CN(NC(=O)Cc1ncc(C(F)(F)F)cc1Cl)C(=O)c1cccc(Cl)c1. The fourth-order valence-corrected chi connectivity index (χ4v) is 2.42. The van der Waals surface area contributed by atoms with Gasteiger partial charge in [-0.05, 0) is 24.3 Å². The summed E-state index contributed by atoms with van der Waals surface area (Å²) in [4.78, 5) is 27.8. The summed E-state index contributed by atoms with van der Waals surface area (Å²) < 4.78 is 37.7. The number of amides is 2. The molecule has 1 heterocycles. The van der Waals surface area contributed by atoms with E-state index in [1.807, 2.05) is 0 Å². The van der Waals surface area contributed by atoms with Crippen molar-refractivity contribution in [2.24, 2.45) is 0 Å². The summed E-state index contributed by atoms with van der Waals surface area (Å²) in [6, 6.07) is 6.82. The monoisotopic (exact) mass is 405 g/mol. The molecule has 2 amide bonds. The van der Waals surface area contributed by atoms with Crippen LogP contribution in [-0.2, 0) is 17.4 Å². The molecule has 0 fully saturated rings. The number of hydrazine groups is 1. The van der Waals surface area contributed by atoms with Crippen LogP contribution in [-0.4, -0.2) is 28.9 Å². The van der Waals surface area contributed by atoms with Gasteiger partial charge in [0.05, 0.1) is 22.7 Å². The average molecular weight is 406 g/mol. The number of carbonyl (C=O) groups is 2. The lowest BCUT2D eigenvalue weighted by molar-refractivity contribution is -0.137. The van der Waals surface area contributed by atoms with Gasteiger partial charge < -0.3 is 0 Å². The van der Waals surface area contributed by atoms with Crippen molar-refractivity contribution in [1.82, 2.24) is 15.4 Å². The number of pyridine rings is 1. The summed E-state index contributed by atoms with van der Waals surface area (Å²) in [6.07, 6.45) is -4.39. The molecule has 26 heavy (non-hydrogen) atoms. The fourth-order valence-electron chi connectivity index (χ4n) is 2.00. The number of carbonyl (C=O) groups excluding carboxylic acids is 2. The van der Waals surface area contributed by atoms with E-state index in [1.165, 1.54) is 19.2 Å². The Labute approximate surface area is 156 Å². The van der Waals surface area contributed by atoms with E-state index >= 15 is 0 Å². The predicted octanol–water partition coefficient (Wildman–Crippen LogP) is 3.75. The van der Waals surface area contributed by atoms with Crippen molar-refractivity contribution in [2.75, 3.05) is 7.05 Å². The molecule has 0 aliphatic heterocycles. The number of aromatic nitrogens is 1. The lowest BCUT2D eigenvalue weighted by atomic mass is 10.2. The molecule has 1 aromatic carbocycles. The summed E-state index contributed by atoms with van der Waals surface area (Å²) in [5, 5.41) is 1.00. The van der Waals surface area contributed by atoms with E-state index in [4.69, 9.17) is 23.2 Å². The molecule has 1 N–H and O–H groups in total. The molecular formula is C16H12Cl2F3N3O2. The van der Waals surface area contributed by atoms with Gasteiger partial charge in [0.1, 0.15) is 0 Å². The molecule has 1 aromatic heterocycles. The van der Waals surface area contributed by atoms with Gasteiger partial charge in [-0.25, -0.2) is 0 Å². The molecule has 5 nitrogen and oxygen atoms in total. The van der Waals surface area contributed by atoms with Crippen LogP contribution in [0.25, 0.3) is 0 Å². The second-order valence-electron chi connectivity index (χ2n) is 5.24. The third-order valence-electron chi connectivity index (χ3n) is 3.24. The Bertz CT molecular complexity index is 844. The van der Waals surface area contributed by atoms with E-state index in [9.17, 15) is 22.8 Å². The largest absolute Gasteiger partial charge is 0.417 e. The summed E-state index contributed by atoms with van der Waals surface area (Å²) in [7, 11) is 1.32. The molecule has 2 rings (SSSR count). The highest BCUT2D eigenvalue weighted by atomic mass is 35.5. The Morgan fingerprint density at radius 2 is 1.92 bits per heavy atom. The lowest BCUT2D eigenvalue weighted by Crippen LogP contribution is -2.44. The van der Waals surface area contributed by atoms with Crippen molar-refractivity contribution >= 4 is 35.0 Å². The highest BCUT2D eigenvalue weighted by molar-refractivity contribution is 6.31. The maximum atomic E-state index is 12.6. The van der Waals surface area contributed by atoms with Crippen LogP contribution in [0.15, 0.2) is 36.5 Å². The van der Waals surface area contributed by atoms with Crippen LogP contribution in [0.3, 0.4) is 0 Å². The molecule has 0 unspecified atom stereocenters. The van der Waals surface area contributed by atoms with Crippen molar-refractivity contribution in [3.05, 3.63) is 63.4 Å². The van der Waals surface area contributed by atoms with Gasteiger partial charge in [-0.1, -0.05) is 29.3 Å². The van der Waals surface area contributed by atoms with Crippen LogP contribution in [0, 0.1) is 0 Å². The zero-order valence-electron chi connectivity index (χ0n) is 13.3. The second-order valence-corrected chi connectivity index (χ2v) is 6.08. The molecule has 0 aliphatic rings. The van der Waals surface area contributed by atoms with Crippen LogP contribution in [0.2, 0.25) is 10.0 Å². The van der Waals surface area contributed by atoms with Gasteiger partial charge in [0.25, 0.3) is 5.91 Å². The molecule has 10 heteroatoms. The normalized spacial score (nSPS) is 11.2. The first-order valence-corrected chi connectivity index (χ1v) is 7.88. The first-order valence-electron chi connectivity index (χ1n) is 7.12. The van der Waals surface area contributed by atoms with Crippen LogP contribution in [0.4, 0.5) is 13.2 Å². The number of rotatable bonds is 3. The number of hydrogen-bond donors (Lipinski definition) is 1. The van der Waals surface area contributed by atoms with Crippen LogP contribution < -0.4 is 5.43 Å². The highest BCUT2D eigenvalue weighted by Crippen LogP contribution is 2.31. The van der Waals surface area contributed by atoms with E-state index in [1.54, 1.807) is 12.1 Å². The number of hydrogen-bond acceptors (Lipinski definition) is 3. The van der Waals surface area contributed by atoms with Gasteiger partial charge in [0.2, 0.25) is 5.91 Å². The third-order valence-corrected chi connectivity index (χ3v) is 3.80. The molecule has 138 valence electrons. The molecular weight excluding hydrogens is 394 g/mol. The first-order chi connectivity index (χ1) is 12.1. The van der Waals surface area contributed by atoms with E-state index in [0.29, 0.717) is 17.3 Å². The fraction of sp³-hybridized carbons (Fsp3) is 0.188. The lowest BCUT2D eigenvalue weighted by Gasteiger charge is -2.18. The van der Waals surface area contributed by atoms with Gasteiger partial charge in [-0.3, -0.25) is 25.0 Å². The number of alkyl halides is 3. The van der Waals surface area contributed by atoms with Crippen molar-refractivity contribution in [2.45, 2.75) is 12.6 Å². The van der Waals surface area contributed by atoms with Gasteiger partial charge >= 0.3 is 6.18 Å². The van der Waals surface area contributed by atoms with Crippen molar-refractivity contribution in [3.8, 4) is 0 Å². The van der Waals surface area contributed by atoms with Crippen molar-refractivity contribution in [3.63, 3.8) is 0 Å². The summed E-state index contributed by atoms with van der Waals surface area (Å²) in [6.45, 7) is 0.